The van der Waals surface area contributed by atoms with Gasteiger partial charge < -0.3 is 0 Å². The van der Waals surface area contributed by atoms with Crippen LogP contribution in [-0.2, 0) is 5.41 Å². The van der Waals surface area contributed by atoms with Crippen molar-refractivity contribution in [3.8, 4) is 0 Å². The molecule has 0 radical (unpaired) electrons. The van der Waals surface area contributed by atoms with Crippen molar-refractivity contribution >= 4 is 0 Å². The zero-order valence-electron chi connectivity index (χ0n) is 11.0. The molecular weight excluding hydrogens is 180 g/mol. The van der Waals surface area contributed by atoms with Gasteiger partial charge >= 0.3 is 0 Å². The lowest BCUT2D eigenvalue weighted by molar-refractivity contribution is 0.473. The summed E-state index contributed by atoms with van der Waals surface area (Å²) in [5.74, 6) is 0. The third-order valence-electron chi connectivity index (χ3n) is 2.43. The molecule has 1 aromatic rings. The van der Waals surface area contributed by atoms with E-state index in [1.54, 1.807) is 0 Å². The van der Waals surface area contributed by atoms with Gasteiger partial charge in [0.05, 0.1) is 0 Å². The molecule has 0 aliphatic carbocycles. The Morgan fingerprint density at radius 2 is 1.40 bits per heavy atom. The largest absolute Gasteiger partial charge is 0.0656 e. The molecule has 0 saturated carbocycles. The molecule has 0 aromatic heterocycles. The van der Waals surface area contributed by atoms with E-state index in [9.17, 15) is 0 Å². The number of benzene rings is 1. The third-order valence-corrected chi connectivity index (χ3v) is 2.43. The van der Waals surface area contributed by atoms with E-state index in [4.69, 9.17) is 0 Å². The highest BCUT2D eigenvalue weighted by molar-refractivity contribution is 5.23. The highest BCUT2D eigenvalue weighted by Crippen LogP contribution is 2.27. The summed E-state index contributed by atoms with van der Waals surface area (Å²) in [6.45, 7) is 11.1. The fourth-order valence-electron chi connectivity index (χ4n) is 1.66. The van der Waals surface area contributed by atoms with Crippen molar-refractivity contribution in [3.63, 3.8) is 0 Å². The summed E-state index contributed by atoms with van der Waals surface area (Å²) in [5, 5.41) is 0. The molecule has 0 amide bonds. The molecule has 0 spiro atoms. The van der Waals surface area contributed by atoms with Crippen molar-refractivity contribution in [2.75, 3.05) is 0 Å². The minimum Gasteiger partial charge on any atom is -0.0656 e. The van der Waals surface area contributed by atoms with Crippen LogP contribution in [0.2, 0.25) is 0 Å². The SMILES string of the molecule is CCC.CCCC(C)(C)c1ccccc1. The van der Waals surface area contributed by atoms with Crippen LogP contribution in [0.15, 0.2) is 30.3 Å². The summed E-state index contributed by atoms with van der Waals surface area (Å²) in [5.41, 5.74) is 1.79. The summed E-state index contributed by atoms with van der Waals surface area (Å²) in [7, 11) is 0. The highest BCUT2D eigenvalue weighted by Gasteiger charge is 2.17. The molecule has 0 N–H and O–H groups in total. The lowest BCUT2D eigenvalue weighted by Crippen LogP contribution is -2.16. The fourth-order valence-corrected chi connectivity index (χ4v) is 1.66. The maximum absolute atomic E-state index is 2.31. The molecule has 1 rings (SSSR count). The van der Waals surface area contributed by atoms with Gasteiger partial charge in [0.2, 0.25) is 0 Å². The van der Waals surface area contributed by atoms with Gasteiger partial charge in [-0.3, -0.25) is 0 Å². The van der Waals surface area contributed by atoms with E-state index in [1.807, 2.05) is 0 Å². The van der Waals surface area contributed by atoms with E-state index < -0.39 is 0 Å². The second-order valence-electron chi connectivity index (χ2n) is 4.71. The Kier molecular flexibility index (Phi) is 7.11. The van der Waals surface area contributed by atoms with E-state index in [-0.39, 0.29) is 0 Å². The van der Waals surface area contributed by atoms with Gasteiger partial charge in [-0.15, -0.1) is 0 Å². The molecule has 0 bridgehead atoms. The van der Waals surface area contributed by atoms with Crippen molar-refractivity contribution in [1.82, 2.24) is 0 Å². The zero-order valence-corrected chi connectivity index (χ0v) is 11.0. The van der Waals surface area contributed by atoms with Crippen LogP contribution in [0.4, 0.5) is 0 Å². The van der Waals surface area contributed by atoms with Gasteiger partial charge in [-0.25, -0.2) is 0 Å². The van der Waals surface area contributed by atoms with Crippen molar-refractivity contribution < 1.29 is 0 Å². The Hall–Kier alpha value is -0.780. The Balaban J connectivity index is 0.000000583. The quantitative estimate of drug-likeness (QED) is 0.639. The molecule has 0 aliphatic rings. The Bertz CT molecular complexity index is 233. The summed E-state index contributed by atoms with van der Waals surface area (Å²) in [4.78, 5) is 0. The number of hydrogen-bond acceptors (Lipinski definition) is 0. The standard InChI is InChI=1S/C12H18.C3H8/c1-4-10-12(2,3)11-8-6-5-7-9-11;1-3-2/h5-9H,4,10H2,1-3H3;3H2,1-2H3. The van der Waals surface area contributed by atoms with E-state index >= 15 is 0 Å². The van der Waals surface area contributed by atoms with Crippen LogP contribution in [-0.4, -0.2) is 0 Å². The molecule has 0 nitrogen and oxygen atoms in total. The first-order valence-corrected chi connectivity index (χ1v) is 6.14. The predicted octanol–water partition coefficient (Wildman–Crippen LogP) is 5.18. The molecule has 0 aliphatic heterocycles. The Morgan fingerprint density at radius 1 is 0.933 bits per heavy atom. The molecule has 0 heteroatoms. The van der Waals surface area contributed by atoms with Gasteiger partial charge in [0, 0.05) is 0 Å². The van der Waals surface area contributed by atoms with Crippen molar-refractivity contribution in [2.45, 2.75) is 59.3 Å². The van der Waals surface area contributed by atoms with Gasteiger partial charge in [-0.2, -0.15) is 0 Å². The van der Waals surface area contributed by atoms with Crippen LogP contribution in [0.5, 0.6) is 0 Å². The average Bonchev–Trinajstić information content (AvgIpc) is 2.20. The van der Waals surface area contributed by atoms with Crippen LogP contribution in [0.25, 0.3) is 0 Å². The van der Waals surface area contributed by atoms with Crippen molar-refractivity contribution in [3.05, 3.63) is 35.9 Å². The monoisotopic (exact) mass is 206 g/mol. The van der Waals surface area contributed by atoms with Gasteiger partial charge in [0.25, 0.3) is 0 Å². The van der Waals surface area contributed by atoms with Crippen molar-refractivity contribution in [2.24, 2.45) is 0 Å². The molecule has 0 atom stereocenters. The Labute approximate surface area is 95.7 Å². The van der Waals surface area contributed by atoms with Crippen LogP contribution in [0.1, 0.15) is 59.4 Å². The van der Waals surface area contributed by atoms with Crippen LogP contribution >= 0.6 is 0 Å². The summed E-state index contributed by atoms with van der Waals surface area (Å²) >= 11 is 0. The first-order valence-electron chi connectivity index (χ1n) is 6.14. The van der Waals surface area contributed by atoms with Crippen molar-refractivity contribution in [1.29, 1.82) is 0 Å². The van der Waals surface area contributed by atoms with Gasteiger partial charge in [-0.05, 0) is 17.4 Å². The van der Waals surface area contributed by atoms with Gasteiger partial charge in [-0.1, -0.05) is 77.8 Å². The molecule has 86 valence electrons. The lowest BCUT2D eigenvalue weighted by atomic mass is 9.81. The van der Waals surface area contributed by atoms with E-state index in [0.29, 0.717) is 5.41 Å². The number of rotatable bonds is 3. The summed E-state index contributed by atoms with van der Waals surface area (Å²) in [6.07, 6.45) is 3.76. The second-order valence-corrected chi connectivity index (χ2v) is 4.71. The molecule has 0 fully saturated rings. The van der Waals surface area contributed by atoms with Gasteiger partial charge in [0.1, 0.15) is 0 Å². The van der Waals surface area contributed by atoms with Gasteiger partial charge in [0.15, 0.2) is 0 Å². The molecule has 0 saturated heterocycles. The fraction of sp³-hybridized carbons (Fsp3) is 0.600. The van der Waals surface area contributed by atoms with E-state index in [2.05, 4.69) is 65.0 Å². The molecule has 0 heterocycles. The maximum atomic E-state index is 2.31. The molecular formula is C15H26. The first-order chi connectivity index (χ1) is 7.08. The third kappa shape index (κ3) is 5.61. The predicted molar refractivity (Wildman–Crippen MR) is 70.3 cm³/mol. The summed E-state index contributed by atoms with van der Waals surface area (Å²) in [6, 6.07) is 10.7. The molecule has 15 heavy (non-hydrogen) atoms. The molecule has 0 unspecified atom stereocenters. The molecule has 1 aromatic carbocycles. The average molecular weight is 206 g/mol. The van der Waals surface area contributed by atoms with Crippen LogP contribution in [0.3, 0.4) is 0 Å². The maximum Gasteiger partial charge on any atom is -0.0104 e. The second kappa shape index (κ2) is 7.50. The number of hydrogen-bond donors (Lipinski definition) is 0. The normalized spacial score (nSPS) is 10.5. The Morgan fingerprint density at radius 3 is 1.80 bits per heavy atom. The van der Waals surface area contributed by atoms with Crippen LogP contribution < -0.4 is 0 Å². The van der Waals surface area contributed by atoms with Crippen LogP contribution in [0, 0.1) is 0 Å². The minimum absolute atomic E-state index is 0.343. The first kappa shape index (κ1) is 14.2. The summed E-state index contributed by atoms with van der Waals surface area (Å²) < 4.78 is 0. The van der Waals surface area contributed by atoms with E-state index in [0.717, 1.165) is 0 Å². The zero-order chi connectivity index (χ0) is 11.7. The van der Waals surface area contributed by atoms with E-state index in [1.165, 1.54) is 24.8 Å². The topological polar surface area (TPSA) is 0 Å². The highest BCUT2D eigenvalue weighted by atomic mass is 14.2. The minimum atomic E-state index is 0.343. The lowest BCUT2D eigenvalue weighted by Gasteiger charge is -2.24. The smallest absolute Gasteiger partial charge is 0.0104 e.